The third-order valence-corrected chi connectivity index (χ3v) is 16.7. The lowest BCUT2D eigenvalue weighted by atomic mass is 10.0. The lowest BCUT2D eigenvalue weighted by Crippen LogP contribution is -2.52. The molecule has 0 saturated carbocycles. The molecule has 8 heteroatoms. The van der Waals surface area contributed by atoms with Gasteiger partial charge >= 0.3 is 8.56 Å². The second-order valence-electron chi connectivity index (χ2n) is 10.0. The number of ether oxygens (including phenoxy) is 3. The molecule has 0 aromatic carbocycles. The first-order chi connectivity index (χ1) is 12.6. The van der Waals surface area contributed by atoms with Crippen LogP contribution in [0.1, 0.15) is 19.3 Å². The molecule has 0 N–H and O–H groups in total. The van der Waals surface area contributed by atoms with Gasteiger partial charge in [0.05, 0.1) is 33.0 Å². The van der Waals surface area contributed by atoms with Crippen LogP contribution in [0.15, 0.2) is 0 Å². The molecule has 160 valence electrons. The quantitative estimate of drug-likeness (QED) is 0.295. The molecule has 2 rings (SSSR count). The summed E-state index contributed by atoms with van der Waals surface area (Å²) in [7, 11) is -5.47. The highest BCUT2D eigenvalue weighted by Gasteiger charge is 2.39. The first kappa shape index (κ1) is 23.7. The Balaban J connectivity index is 1.63. The summed E-state index contributed by atoms with van der Waals surface area (Å²) >= 11 is 0. The van der Waals surface area contributed by atoms with Crippen molar-refractivity contribution in [3.8, 4) is 0 Å². The third kappa shape index (κ3) is 9.66. The summed E-state index contributed by atoms with van der Waals surface area (Å²) in [6.07, 6.45) is 3.64. The fourth-order valence-corrected chi connectivity index (χ4v) is 18.0. The van der Waals surface area contributed by atoms with Crippen molar-refractivity contribution in [1.29, 1.82) is 0 Å². The summed E-state index contributed by atoms with van der Waals surface area (Å²) in [4.78, 5) is 0. The highest BCUT2D eigenvalue weighted by molar-refractivity contribution is 6.87. The van der Waals surface area contributed by atoms with E-state index in [-0.39, 0.29) is 0 Å². The molecule has 0 amide bonds. The highest BCUT2D eigenvalue weighted by Crippen LogP contribution is 2.27. The minimum absolute atomic E-state index is 0.621. The average Bonchev–Trinajstić information content (AvgIpc) is 2.40. The highest BCUT2D eigenvalue weighted by atomic mass is 28.5. The summed E-state index contributed by atoms with van der Waals surface area (Å²) in [5.41, 5.74) is 0. The van der Waals surface area contributed by atoms with Crippen LogP contribution in [0.3, 0.4) is 0 Å². The predicted molar refractivity (Wildman–Crippen MR) is 118 cm³/mol. The second kappa shape index (κ2) is 10.5. The van der Waals surface area contributed by atoms with E-state index in [4.69, 9.17) is 22.4 Å². The lowest BCUT2D eigenvalue weighted by molar-refractivity contribution is -0.0714. The normalized spacial score (nSPS) is 19.8. The van der Waals surface area contributed by atoms with E-state index >= 15 is 0 Å². The minimum Gasteiger partial charge on any atom is -0.437 e. The van der Waals surface area contributed by atoms with Crippen LogP contribution in [0, 0.1) is 11.8 Å². The Hall–Kier alpha value is 0.451. The largest absolute Gasteiger partial charge is 0.437 e. The standard InChI is InChI=1S/C19H42O5Si3/c1-25(2,11-7-9-18-13-21-14-18)23-27(5,6)24-26(3,4)12-8-10-20-15-19-16-22-17-19/h18-19H,7-17H2,1-6H3. The Morgan fingerprint density at radius 3 is 1.74 bits per heavy atom. The summed E-state index contributed by atoms with van der Waals surface area (Å²) in [5.74, 6) is 1.41. The predicted octanol–water partition coefficient (Wildman–Crippen LogP) is 4.61. The molecule has 0 aromatic rings. The number of rotatable bonds is 14. The van der Waals surface area contributed by atoms with Gasteiger partial charge in [0.2, 0.25) is 0 Å². The topological polar surface area (TPSA) is 46.2 Å². The van der Waals surface area contributed by atoms with E-state index in [0.29, 0.717) is 5.92 Å². The maximum atomic E-state index is 6.69. The van der Waals surface area contributed by atoms with Crippen LogP contribution >= 0.6 is 0 Å². The van der Waals surface area contributed by atoms with Gasteiger partial charge in [-0.2, -0.15) is 0 Å². The molecule has 0 atom stereocenters. The van der Waals surface area contributed by atoms with Gasteiger partial charge < -0.3 is 22.4 Å². The third-order valence-electron chi connectivity index (χ3n) is 5.27. The van der Waals surface area contributed by atoms with Gasteiger partial charge in [-0.3, -0.25) is 0 Å². The van der Waals surface area contributed by atoms with Gasteiger partial charge in [0.15, 0.2) is 16.6 Å². The minimum atomic E-state index is -2.09. The van der Waals surface area contributed by atoms with Crippen LogP contribution in [-0.4, -0.2) is 64.8 Å². The zero-order valence-corrected chi connectivity index (χ0v) is 21.5. The van der Waals surface area contributed by atoms with Crippen molar-refractivity contribution in [3.63, 3.8) is 0 Å². The molecule has 2 saturated heterocycles. The molecule has 0 aliphatic carbocycles. The van der Waals surface area contributed by atoms with E-state index < -0.39 is 25.2 Å². The monoisotopic (exact) mass is 434 g/mol. The molecule has 2 fully saturated rings. The van der Waals surface area contributed by atoms with E-state index in [1.165, 1.54) is 18.9 Å². The van der Waals surface area contributed by atoms with Crippen LogP contribution in [0.5, 0.6) is 0 Å². The van der Waals surface area contributed by atoms with Crippen molar-refractivity contribution in [2.75, 3.05) is 39.6 Å². The van der Waals surface area contributed by atoms with Crippen molar-refractivity contribution < 1.29 is 22.4 Å². The van der Waals surface area contributed by atoms with Crippen LogP contribution in [-0.2, 0) is 22.4 Å². The van der Waals surface area contributed by atoms with Gasteiger partial charge in [-0.1, -0.05) is 6.42 Å². The van der Waals surface area contributed by atoms with Gasteiger partial charge in [-0.25, -0.2) is 0 Å². The Morgan fingerprint density at radius 2 is 1.26 bits per heavy atom. The SMILES string of the molecule is C[Si](C)(CCCOCC1COC1)O[Si](C)(C)O[Si](C)(C)CCCC1COC1. The van der Waals surface area contributed by atoms with Crippen molar-refractivity contribution in [2.45, 2.75) is 70.6 Å². The molecule has 2 heterocycles. The van der Waals surface area contributed by atoms with E-state index in [1.807, 2.05) is 0 Å². The van der Waals surface area contributed by atoms with E-state index in [0.717, 1.165) is 58.0 Å². The number of hydrogen-bond donors (Lipinski definition) is 0. The lowest BCUT2D eigenvalue weighted by Gasteiger charge is -2.39. The Morgan fingerprint density at radius 1 is 0.741 bits per heavy atom. The molecule has 0 spiro atoms. The summed E-state index contributed by atoms with van der Waals surface area (Å²) in [6.45, 7) is 19.2. The molecule has 2 aliphatic rings. The van der Waals surface area contributed by atoms with Gasteiger partial charge in [-0.05, 0) is 64.2 Å². The van der Waals surface area contributed by atoms with Gasteiger partial charge in [0.25, 0.3) is 0 Å². The first-order valence-electron chi connectivity index (χ1n) is 10.7. The molecule has 5 nitrogen and oxygen atoms in total. The summed E-state index contributed by atoms with van der Waals surface area (Å²) < 4.78 is 29.6. The Kier molecular flexibility index (Phi) is 9.20. The average molecular weight is 435 g/mol. The smallest absolute Gasteiger partial charge is 0.311 e. The zero-order valence-electron chi connectivity index (χ0n) is 18.5. The van der Waals surface area contributed by atoms with Crippen molar-refractivity contribution >= 4 is 25.2 Å². The Labute approximate surface area is 170 Å². The van der Waals surface area contributed by atoms with Crippen LogP contribution < -0.4 is 0 Å². The van der Waals surface area contributed by atoms with Crippen molar-refractivity contribution in [2.24, 2.45) is 11.8 Å². The fraction of sp³-hybridized carbons (Fsp3) is 1.00. The van der Waals surface area contributed by atoms with E-state index in [1.54, 1.807) is 0 Å². The fourth-order valence-electron chi connectivity index (χ4n) is 3.95. The summed E-state index contributed by atoms with van der Waals surface area (Å²) in [6, 6.07) is 2.36. The molecule has 0 aromatic heterocycles. The van der Waals surface area contributed by atoms with Crippen molar-refractivity contribution in [3.05, 3.63) is 0 Å². The number of hydrogen-bond acceptors (Lipinski definition) is 5. The van der Waals surface area contributed by atoms with Gasteiger partial charge in [0, 0.05) is 18.4 Å². The van der Waals surface area contributed by atoms with Crippen LogP contribution in [0.25, 0.3) is 0 Å². The zero-order chi connectivity index (χ0) is 20.0. The molecule has 27 heavy (non-hydrogen) atoms. The molecule has 0 radical (unpaired) electrons. The molecular weight excluding hydrogens is 392 g/mol. The molecule has 2 aliphatic heterocycles. The molecule has 0 bridgehead atoms. The van der Waals surface area contributed by atoms with Gasteiger partial charge in [0.1, 0.15) is 0 Å². The molecule has 0 unspecified atom stereocenters. The van der Waals surface area contributed by atoms with Crippen molar-refractivity contribution in [1.82, 2.24) is 0 Å². The van der Waals surface area contributed by atoms with Crippen LogP contribution in [0.4, 0.5) is 0 Å². The second-order valence-corrected chi connectivity index (χ2v) is 22.5. The first-order valence-corrected chi connectivity index (χ1v) is 19.8. The van der Waals surface area contributed by atoms with Crippen LogP contribution in [0.2, 0.25) is 51.4 Å². The van der Waals surface area contributed by atoms with Gasteiger partial charge in [-0.15, -0.1) is 0 Å². The summed E-state index contributed by atoms with van der Waals surface area (Å²) in [5, 5.41) is 0. The van der Waals surface area contributed by atoms with E-state index in [9.17, 15) is 0 Å². The molecular formula is C19H42O5Si3. The maximum absolute atomic E-state index is 6.69. The van der Waals surface area contributed by atoms with E-state index in [2.05, 4.69) is 39.3 Å². The Bertz CT molecular complexity index is 437. The maximum Gasteiger partial charge on any atom is 0.311 e.